The Morgan fingerprint density at radius 3 is 2.96 bits per heavy atom. The summed E-state index contributed by atoms with van der Waals surface area (Å²) < 4.78 is 17.0. The van der Waals surface area contributed by atoms with Gasteiger partial charge in [-0.2, -0.15) is 0 Å². The van der Waals surface area contributed by atoms with Crippen molar-refractivity contribution >= 4 is 17.4 Å². The van der Waals surface area contributed by atoms with Crippen LogP contribution in [0.3, 0.4) is 0 Å². The highest BCUT2D eigenvalue weighted by Gasteiger charge is 2.51. The molecule has 0 spiro atoms. The molecule has 1 N–H and O–H groups in total. The minimum atomic E-state index is -0.615. The third kappa shape index (κ3) is 3.83. The van der Waals surface area contributed by atoms with Crippen LogP contribution in [-0.2, 0) is 25.5 Å². The van der Waals surface area contributed by atoms with Crippen LogP contribution in [0.1, 0.15) is 32.3 Å². The maximum atomic E-state index is 12.4. The second-order valence-corrected chi connectivity index (χ2v) is 7.45. The van der Waals surface area contributed by atoms with Gasteiger partial charge in [0, 0.05) is 18.9 Å². The molecule has 1 amide bonds. The Hall–Kier alpha value is -2.60. The lowest BCUT2D eigenvalue weighted by atomic mass is 9.71. The van der Waals surface area contributed by atoms with Crippen LogP contribution < -0.4 is 10.1 Å². The van der Waals surface area contributed by atoms with Crippen molar-refractivity contribution in [3.05, 3.63) is 48.3 Å². The average molecular weight is 385 g/mol. The lowest BCUT2D eigenvalue weighted by molar-refractivity contribution is -0.123. The van der Waals surface area contributed by atoms with Gasteiger partial charge in [-0.25, -0.2) is 0 Å². The van der Waals surface area contributed by atoms with Gasteiger partial charge in [-0.1, -0.05) is 19.1 Å². The highest BCUT2D eigenvalue weighted by atomic mass is 16.7. The number of carbonyl (C=O) groups excluding carboxylic acids is 2. The van der Waals surface area contributed by atoms with E-state index in [-0.39, 0.29) is 30.3 Å². The normalized spacial score (nSPS) is 24.6. The minimum Gasteiger partial charge on any atom is -0.495 e. The topological polar surface area (TPSA) is 73.9 Å². The molecule has 1 unspecified atom stereocenters. The predicted molar refractivity (Wildman–Crippen MR) is 106 cm³/mol. The first-order valence-corrected chi connectivity index (χ1v) is 9.47. The second kappa shape index (κ2) is 8.19. The van der Waals surface area contributed by atoms with Crippen molar-refractivity contribution in [3.8, 4) is 5.75 Å². The number of benzene rings is 1. The highest BCUT2D eigenvalue weighted by Crippen LogP contribution is 2.46. The Morgan fingerprint density at radius 1 is 1.50 bits per heavy atom. The summed E-state index contributed by atoms with van der Waals surface area (Å²) in [5, 5.41) is 2.80. The maximum absolute atomic E-state index is 12.4. The van der Waals surface area contributed by atoms with E-state index in [0.29, 0.717) is 36.5 Å². The van der Waals surface area contributed by atoms with Gasteiger partial charge in [0.15, 0.2) is 12.6 Å². The third-order valence-corrected chi connectivity index (χ3v) is 5.54. The van der Waals surface area contributed by atoms with Crippen LogP contribution in [0.5, 0.6) is 5.75 Å². The van der Waals surface area contributed by atoms with E-state index in [9.17, 15) is 9.59 Å². The molecule has 150 valence electrons. The number of hydrogen-bond acceptors (Lipinski definition) is 5. The molecule has 6 nitrogen and oxygen atoms in total. The summed E-state index contributed by atoms with van der Waals surface area (Å²) in [5.74, 6) is 1.08. The van der Waals surface area contributed by atoms with Crippen LogP contribution >= 0.6 is 0 Å². The van der Waals surface area contributed by atoms with E-state index in [0.717, 1.165) is 5.56 Å². The van der Waals surface area contributed by atoms with Crippen molar-refractivity contribution in [1.29, 1.82) is 0 Å². The maximum Gasteiger partial charge on any atom is 0.221 e. The van der Waals surface area contributed by atoms with E-state index in [4.69, 9.17) is 14.2 Å². The van der Waals surface area contributed by atoms with Gasteiger partial charge in [-0.15, -0.1) is 6.58 Å². The standard InChI is InChI=1S/C22H27NO5/c1-5-6-17-12-22(21(11-19(17)25)27-13-28-22)14(2)9-16-7-8-20(26-4)18(10-16)23-15(3)24/h5,7-8,10-11,14,17H,1,6,9,12-13H2,2-4H3,(H,23,24)/t14?,17-,22+/m0/s1. The van der Waals surface area contributed by atoms with E-state index in [1.54, 1.807) is 19.3 Å². The number of ether oxygens (including phenoxy) is 3. The number of allylic oxidation sites excluding steroid dienone is 2. The first-order chi connectivity index (χ1) is 13.4. The van der Waals surface area contributed by atoms with Gasteiger partial charge in [0.05, 0.1) is 12.8 Å². The number of nitrogens with one attached hydrogen (secondary N) is 1. The van der Waals surface area contributed by atoms with Gasteiger partial charge in [-0.3, -0.25) is 9.59 Å². The number of hydrogen-bond donors (Lipinski definition) is 1. The molecule has 1 aliphatic heterocycles. The molecular weight excluding hydrogens is 358 g/mol. The number of carbonyl (C=O) groups is 2. The molecule has 0 aromatic heterocycles. The van der Waals surface area contributed by atoms with Crippen LogP contribution in [-0.4, -0.2) is 31.2 Å². The summed E-state index contributed by atoms with van der Waals surface area (Å²) in [5.41, 5.74) is 1.06. The molecule has 1 aromatic rings. The molecule has 28 heavy (non-hydrogen) atoms. The number of ketones is 1. The Balaban J connectivity index is 1.86. The van der Waals surface area contributed by atoms with Crippen molar-refractivity contribution < 1.29 is 23.8 Å². The molecule has 0 saturated carbocycles. The zero-order valence-corrected chi connectivity index (χ0v) is 16.6. The molecule has 0 radical (unpaired) electrons. The molecule has 0 bridgehead atoms. The van der Waals surface area contributed by atoms with Crippen molar-refractivity contribution in [1.82, 2.24) is 0 Å². The number of rotatable bonds is 7. The monoisotopic (exact) mass is 385 g/mol. The molecule has 1 heterocycles. The van der Waals surface area contributed by atoms with Crippen LogP contribution in [0.25, 0.3) is 0 Å². The van der Waals surface area contributed by atoms with E-state index in [1.165, 1.54) is 6.92 Å². The molecular formula is C22H27NO5. The fraction of sp³-hybridized carbons (Fsp3) is 0.455. The quantitative estimate of drug-likeness (QED) is 0.726. The minimum absolute atomic E-state index is 0.0697. The van der Waals surface area contributed by atoms with Crippen molar-refractivity contribution in [2.75, 3.05) is 19.2 Å². The summed E-state index contributed by atoms with van der Waals surface area (Å²) in [6, 6.07) is 5.74. The Kier molecular flexibility index (Phi) is 5.89. The second-order valence-electron chi connectivity index (χ2n) is 7.45. The fourth-order valence-corrected chi connectivity index (χ4v) is 4.10. The summed E-state index contributed by atoms with van der Waals surface area (Å²) in [6.45, 7) is 7.49. The van der Waals surface area contributed by atoms with Crippen LogP contribution in [0.15, 0.2) is 42.7 Å². The van der Waals surface area contributed by atoms with E-state index in [2.05, 4.69) is 18.8 Å². The van der Waals surface area contributed by atoms with Gasteiger partial charge in [0.2, 0.25) is 5.91 Å². The average Bonchev–Trinajstić information content (AvgIpc) is 3.06. The van der Waals surface area contributed by atoms with Gasteiger partial charge in [0.25, 0.3) is 0 Å². The van der Waals surface area contributed by atoms with E-state index in [1.807, 2.05) is 18.2 Å². The summed E-state index contributed by atoms with van der Waals surface area (Å²) in [6.07, 6.45) is 5.28. The van der Waals surface area contributed by atoms with Crippen molar-refractivity contribution in [2.24, 2.45) is 11.8 Å². The molecule has 1 aromatic carbocycles. The van der Waals surface area contributed by atoms with Crippen molar-refractivity contribution in [3.63, 3.8) is 0 Å². The van der Waals surface area contributed by atoms with E-state index >= 15 is 0 Å². The number of amides is 1. The molecule has 2 aliphatic rings. The molecule has 1 aliphatic carbocycles. The summed E-state index contributed by atoms with van der Waals surface area (Å²) >= 11 is 0. The zero-order valence-electron chi connectivity index (χ0n) is 16.6. The number of methoxy groups -OCH3 is 1. The largest absolute Gasteiger partial charge is 0.495 e. The SMILES string of the molecule is C=CC[C@H]1C[C@]2(C(C)Cc3ccc(OC)c(NC(C)=O)c3)OCOC2=CC1=O. The Bertz CT molecular complexity index is 815. The van der Waals surface area contributed by atoms with Crippen LogP contribution in [0, 0.1) is 11.8 Å². The van der Waals surface area contributed by atoms with Gasteiger partial charge in [0.1, 0.15) is 17.1 Å². The Labute approximate surface area is 165 Å². The molecule has 1 saturated heterocycles. The number of anilines is 1. The zero-order chi connectivity index (χ0) is 20.3. The van der Waals surface area contributed by atoms with Gasteiger partial charge >= 0.3 is 0 Å². The lowest BCUT2D eigenvalue weighted by Crippen LogP contribution is -2.44. The van der Waals surface area contributed by atoms with Gasteiger partial charge in [-0.05, 0) is 42.9 Å². The highest BCUT2D eigenvalue weighted by molar-refractivity contribution is 5.94. The predicted octanol–water partition coefficient (Wildman–Crippen LogP) is 3.62. The molecule has 3 rings (SSSR count). The summed E-state index contributed by atoms with van der Waals surface area (Å²) in [4.78, 5) is 23.8. The van der Waals surface area contributed by atoms with Crippen LogP contribution in [0.4, 0.5) is 5.69 Å². The third-order valence-electron chi connectivity index (χ3n) is 5.54. The first kappa shape index (κ1) is 20.1. The summed E-state index contributed by atoms with van der Waals surface area (Å²) in [7, 11) is 1.57. The number of fused-ring (bicyclic) bond motifs is 1. The van der Waals surface area contributed by atoms with Gasteiger partial charge < -0.3 is 19.5 Å². The molecule has 1 fully saturated rings. The smallest absolute Gasteiger partial charge is 0.221 e. The fourth-order valence-electron chi connectivity index (χ4n) is 4.10. The van der Waals surface area contributed by atoms with Crippen LogP contribution in [0.2, 0.25) is 0 Å². The van der Waals surface area contributed by atoms with E-state index < -0.39 is 5.60 Å². The molecule has 3 atom stereocenters. The first-order valence-electron chi connectivity index (χ1n) is 9.47. The van der Waals surface area contributed by atoms with Crippen molar-refractivity contribution in [2.45, 2.75) is 38.7 Å². The molecule has 6 heteroatoms. The lowest BCUT2D eigenvalue weighted by Gasteiger charge is -2.38. The Morgan fingerprint density at radius 2 is 2.29 bits per heavy atom.